The fourth-order valence-electron chi connectivity index (χ4n) is 3.62. The average Bonchev–Trinajstić information content (AvgIpc) is 3.14. The monoisotopic (exact) mass is 389 g/mol. The number of hydrogen-bond donors (Lipinski definition) is 5. The van der Waals surface area contributed by atoms with Crippen LogP contribution in [0.4, 0.5) is 11.4 Å². The number of aromatic nitrogens is 1. The molecule has 2 atom stereocenters. The minimum Gasteiger partial charge on any atom is -0.395 e. The van der Waals surface area contributed by atoms with Crippen LogP contribution in [-0.4, -0.2) is 29.8 Å². The number of hydrazine groups is 1. The maximum Gasteiger partial charge on any atom is 0.0638 e. The number of aliphatic hydroxyl groups is 1. The smallest absolute Gasteiger partial charge is 0.0638 e. The summed E-state index contributed by atoms with van der Waals surface area (Å²) in [6.07, 6.45) is 3.75. The van der Waals surface area contributed by atoms with Crippen molar-refractivity contribution in [3.8, 4) is 11.1 Å². The molecule has 1 aliphatic rings. The van der Waals surface area contributed by atoms with E-state index in [0.717, 1.165) is 22.5 Å². The number of hydrogen-bond acceptors (Lipinski definition) is 6. The third-order valence-electron chi connectivity index (χ3n) is 5.19. The van der Waals surface area contributed by atoms with E-state index < -0.39 is 0 Å². The van der Waals surface area contributed by atoms with E-state index in [4.69, 9.17) is 5.11 Å². The molecule has 0 amide bonds. The Morgan fingerprint density at radius 1 is 1.07 bits per heavy atom. The second kappa shape index (κ2) is 9.05. The molecular weight excluding hydrogens is 362 g/mol. The molecule has 3 aromatic rings. The lowest BCUT2D eigenvalue weighted by Gasteiger charge is -2.21. The Kier molecular flexibility index (Phi) is 6.05. The first-order valence-electron chi connectivity index (χ1n) is 9.98. The van der Waals surface area contributed by atoms with Crippen molar-refractivity contribution in [3.63, 3.8) is 0 Å². The van der Waals surface area contributed by atoms with Gasteiger partial charge in [-0.1, -0.05) is 36.4 Å². The summed E-state index contributed by atoms with van der Waals surface area (Å²) >= 11 is 0. The van der Waals surface area contributed by atoms with Crippen molar-refractivity contribution in [1.29, 1.82) is 0 Å². The molecule has 5 N–H and O–H groups in total. The number of anilines is 2. The van der Waals surface area contributed by atoms with Gasteiger partial charge in [0.05, 0.1) is 30.1 Å². The predicted octanol–water partition coefficient (Wildman–Crippen LogP) is 3.47. The van der Waals surface area contributed by atoms with Gasteiger partial charge in [-0.3, -0.25) is 4.98 Å². The molecule has 0 fully saturated rings. The molecule has 0 aliphatic carbocycles. The van der Waals surface area contributed by atoms with Gasteiger partial charge in [-0.25, -0.2) is 5.43 Å². The molecule has 1 aliphatic heterocycles. The summed E-state index contributed by atoms with van der Waals surface area (Å²) in [5, 5.41) is 16.0. The Balaban J connectivity index is 1.56. The first-order valence-corrected chi connectivity index (χ1v) is 9.98. The van der Waals surface area contributed by atoms with Crippen LogP contribution in [0.25, 0.3) is 11.1 Å². The number of aliphatic hydroxyl groups excluding tert-OH is 1. The van der Waals surface area contributed by atoms with Gasteiger partial charge >= 0.3 is 0 Å². The Hall–Kier alpha value is -2.93. The van der Waals surface area contributed by atoms with E-state index in [1.165, 1.54) is 11.1 Å². The van der Waals surface area contributed by atoms with Crippen molar-refractivity contribution >= 4 is 11.4 Å². The van der Waals surface area contributed by atoms with Gasteiger partial charge in [0, 0.05) is 31.0 Å². The Labute approximate surface area is 171 Å². The number of rotatable bonds is 8. The third-order valence-corrected chi connectivity index (χ3v) is 5.19. The number of pyridine rings is 1. The van der Waals surface area contributed by atoms with Crippen LogP contribution in [0, 0.1) is 0 Å². The van der Waals surface area contributed by atoms with E-state index in [-0.39, 0.29) is 18.7 Å². The van der Waals surface area contributed by atoms with Crippen molar-refractivity contribution in [2.24, 2.45) is 0 Å². The quantitative estimate of drug-likeness (QED) is 0.380. The fraction of sp³-hybridized carbons (Fsp3) is 0.261. The maximum absolute atomic E-state index is 9.09. The molecule has 0 radical (unpaired) electrons. The molecule has 2 aromatic carbocycles. The zero-order valence-electron chi connectivity index (χ0n) is 16.5. The molecule has 29 heavy (non-hydrogen) atoms. The summed E-state index contributed by atoms with van der Waals surface area (Å²) in [4.78, 5) is 4.46. The average molecular weight is 390 g/mol. The first kappa shape index (κ1) is 19.4. The molecule has 150 valence electrons. The summed E-state index contributed by atoms with van der Waals surface area (Å²) in [7, 11) is 0. The lowest BCUT2D eigenvalue weighted by Crippen LogP contribution is -2.28. The van der Waals surface area contributed by atoms with Crippen molar-refractivity contribution in [2.75, 3.05) is 30.4 Å². The van der Waals surface area contributed by atoms with Gasteiger partial charge in [-0.15, -0.1) is 0 Å². The van der Waals surface area contributed by atoms with Crippen LogP contribution in [0.3, 0.4) is 0 Å². The van der Waals surface area contributed by atoms with Gasteiger partial charge in [0.15, 0.2) is 0 Å². The zero-order chi connectivity index (χ0) is 20.1. The maximum atomic E-state index is 9.09. The Morgan fingerprint density at radius 3 is 2.76 bits per heavy atom. The number of fused-ring (bicyclic) bond motifs is 1. The molecular formula is C23H27N5O. The Bertz CT molecular complexity index is 947. The molecule has 6 heteroatoms. The summed E-state index contributed by atoms with van der Waals surface area (Å²) in [5.74, 6) is 0. The molecule has 6 nitrogen and oxygen atoms in total. The van der Waals surface area contributed by atoms with Crippen LogP contribution in [0.15, 0.2) is 67.0 Å². The highest BCUT2D eigenvalue weighted by molar-refractivity contribution is 5.72. The second-order valence-electron chi connectivity index (χ2n) is 7.29. The molecule has 0 saturated carbocycles. The van der Waals surface area contributed by atoms with Crippen LogP contribution in [-0.2, 0) is 0 Å². The van der Waals surface area contributed by atoms with Crippen LogP contribution in [0.2, 0.25) is 0 Å². The van der Waals surface area contributed by atoms with Crippen LogP contribution < -0.4 is 21.5 Å². The minimum absolute atomic E-state index is 0.0771. The molecule has 2 heterocycles. The fourth-order valence-corrected chi connectivity index (χ4v) is 3.62. The lowest BCUT2D eigenvalue weighted by molar-refractivity contribution is 0.291. The number of nitrogens with zero attached hydrogens (tertiary/aromatic N) is 1. The SMILES string of the molecule is CC1NNc2ccc(-c3cncc(N[C@@H](CNCCO)c4ccccc4)c3)cc21. The topological polar surface area (TPSA) is 81.2 Å². The van der Waals surface area contributed by atoms with Crippen LogP contribution in [0.5, 0.6) is 0 Å². The van der Waals surface area contributed by atoms with Crippen molar-refractivity contribution < 1.29 is 5.11 Å². The summed E-state index contributed by atoms with van der Waals surface area (Å²) in [6, 6.07) is 19.2. The first-order chi connectivity index (χ1) is 14.2. The van der Waals surface area contributed by atoms with Crippen molar-refractivity contribution in [2.45, 2.75) is 19.0 Å². The highest BCUT2D eigenvalue weighted by Crippen LogP contribution is 2.33. The highest BCUT2D eigenvalue weighted by Gasteiger charge is 2.18. The van der Waals surface area contributed by atoms with Gasteiger partial charge in [-0.05, 0) is 41.8 Å². The van der Waals surface area contributed by atoms with Gasteiger partial charge in [0.25, 0.3) is 0 Å². The van der Waals surface area contributed by atoms with Crippen LogP contribution >= 0.6 is 0 Å². The second-order valence-corrected chi connectivity index (χ2v) is 7.29. The molecule has 0 spiro atoms. The molecule has 0 bridgehead atoms. The van der Waals surface area contributed by atoms with Gasteiger partial charge in [0.2, 0.25) is 0 Å². The number of nitrogens with one attached hydrogen (secondary N) is 4. The van der Waals surface area contributed by atoms with Crippen LogP contribution in [0.1, 0.15) is 30.1 Å². The molecule has 0 saturated heterocycles. The van der Waals surface area contributed by atoms with Crippen molar-refractivity contribution in [1.82, 2.24) is 15.7 Å². The van der Waals surface area contributed by atoms with Gasteiger partial charge in [0.1, 0.15) is 0 Å². The van der Waals surface area contributed by atoms with E-state index in [1.807, 2.05) is 30.6 Å². The van der Waals surface area contributed by atoms with E-state index in [9.17, 15) is 0 Å². The van der Waals surface area contributed by atoms with E-state index >= 15 is 0 Å². The molecule has 1 aromatic heterocycles. The van der Waals surface area contributed by atoms with Gasteiger partial charge < -0.3 is 21.2 Å². The number of benzene rings is 2. The predicted molar refractivity (Wildman–Crippen MR) is 118 cm³/mol. The summed E-state index contributed by atoms with van der Waals surface area (Å²) < 4.78 is 0. The zero-order valence-corrected chi connectivity index (χ0v) is 16.5. The minimum atomic E-state index is 0.0771. The lowest BCUT2D eigenvalue weighted by atomic mass is 10.0. The van der Waals surface area contributed by atoms with E-state index in [1.54, 1.807) is 0 Å². The summed E-state index contributed by atoms with van der Waals surface area (Å²) in [6.45, 7) is 3.54. The van der Waals surface area contributed by atoms with E-state index in [0.29, 0.717) is 13.1 Å². The van der Waals surface area contributed by atoms with Gasteiger partial charge in [-0.2, -0.15) is 0 Å². The van der Waals surface area contributed by atoms with Crippen molar-refractivity contribution in [3.05, 3.63) is 78.1 Å². The molecule has 4 rings (SSSR count). The van der Waals surface area contributed by atoms with E-state index in [2.05, 4.69) is 69.8 Å². The normalized spacial score (nSPS) is 16.1. The molecule has 1 unspecified atom stereocenters. The largest absolute Gasteiger partial charge is 0.395 e. The standard InChI is InChI=1S/C23H27N5O/c1-16-21-12-18(7-8-22(21)28-27-16)19-11-20(14-25-13-19)26-23(15-24-9-10-29)17-5-3-2-4-6-17/h2-8,11-14,16,23-24,26-29H,9-10,15H2,1H3/t16?,23-/m0/s1. The third kappa shape index (κ3) is 4.56. The summed E-state index contributed by atoms with van der Waals surface area (Å²) in [5.41, 5.74) is 13.2. The highest BCUT2D eigenvalue weighted by atomic mass is 16.3. The Morgan fingerprint density at radius 2 is 1.93 bits per heavy atom.